The number of carbonyl (C=O) groups is 1. The number of nitrogens with zero attached hydrogens (tertiary/aromatic N) is 1. The van der Waals surface area contributed by atoms with E-state index < -0.39 is 10.0 Å². The van der Waals surface area contributed by atoms with Crippen LogP contribution in [0.5, 0.6) is 0 Å². The molecule has 1 saturated carbocycles. The first-order valence-corrected chi connectivity index (χ1v) is 9.58. The zero-order chi connectivity index (χ0) is 17.0. The predicted octanol–water partition coefficient (Wildman–Crippen LogP) is 2.41. The highest BCUT2D eigenvalue weighted by Gasteiger charge is 2.39. The molecule has 1 fully saturated rings. The minimum Gasteiger partial charge on any atom is -0.311 e. The van der Waals surface area contributed by atoms with Crippen LogP contribution in [0.3, 0.4) is 0 Å². The van der Waals surface area contributed by atoms with Crippen LogP contribution in [-0.4, -0.2) is 26.9 Å². The van der Waals surface area contributed by atoms with Gasteiger partial charge in [0.25, 0.3) is 0 Å². The molecule has 0 aromatic heterocycles. The van der Waals surface area contributed by atoms with Crippen molar-refractivity contribution in [2.75, 3.05) is 11.4 Å². The number of hydrogen-bond acceptors (Lipinski definition) is 3. The molecule has 0 radical (unpaired) electrons. The molecule has 1 aliphatic carbocycles. The molecule has 1 aliphatic heterocycles. The van der Waals surface area contributed by atoms with Crippen molar-refractivity contribution in [2.45, 2.75) is 56.9 Å². The molecule has 1 aromatic rings. The average Bonchev–Trinajstić information content (AvgIpc) is 3.21. The van der Waals surface area contributed by atoms with Crippen molar-refractivity contribution in [1.29, 1.82) is 0 Å². The number of hydrogen-bond donors (Lipinski definition) is 1. The summed E-state index contributed by atoms with van der Waals surface area (Å²) in [6, 6.07) is 5.19. The molecule has 1 heterocycles. The molecule has 2 aliphatic rings. The fraction of sp³-hybridized carbons (Fsp3) is 0.588. The third-order valence-electron chi connectivity index (χ3n) is 4.51. The number of anilines is 1. The van der Waals surface area contributed by atoms with Crippen molar-refractivity contribution in [3.63, 3.8) is 0 Å². The molecule has 6 heteroatoms. The maximum atomic E-state index is 12.4. The summed E-state index contributed by atoms with van der Waals surface area (Å²) in [6.07, 6.45) is 1.82. The second kappa shape index (κ2) is 5.31. The highest BCUT2D eigenvalue weighted by molar-refractivity contribution is 7.89. The Morgan fingerprint density at radius 2 is 1.96 bits per heavy atom. The highest BCUT2D eigenvalue weighted by atomic mass is 32.2. The molecule has 126 valence electrons. The van der Waals surface area contributed by atoms with Gasteiger partial charge < -0.3 is 4.90 Å². The molecule has 3 rings (SSSR count). The number of amides is 1. The lowest BCUT2D eigenvalue weighted by molar-refractivity contribution is -0.121. The van der Waals surface area contributed by atoms with Crippen molar-refractivity contribution in [2.24, 2.45) is 5.92 Å². The van der Waals surface area contributed by atoms with Gasteiger partial charge in [-0.25, -0.2) is 13.1 Å². The van der Waals surface area contributed by atoms with Gasteiger partial charge >= 0.3 is 0 Å². The molecule has 1 N–H and O–H groups in total. The van der Waals surface area contributed by atoms with Crippen LogP contribution < -0.4 is 9.62 Å². The third kappa shape index (κ3) is 3.02. The monoisotopic (exact) mass is 336 g/mol. The van der Waals surface area contributed by atoms with Crippen LogP contribution in [0.15, 0.2) is 23.1 Å². The van der Waals surface area contributed by atoms with Crippen LogP contribution in [0.4, 0.5) is 5.69 Å². The van der Waals surface area contributed by atoms with Gasteiger partial charge in [-0.15, -0.1) is 0 Å². The molecule has 0 unspecified atom stereocenters. The van der Waals surface area contributed by atoms with Crippen LogP contribution in [0, 0.1) is 5.92 Å². The number of fused-ring (bicyclic) bond motifs is 1. The second-order valence-corrected chi connectivity index (χ2v) is 9.25. The van der Waals surface area contributed by atoms with Crippen molar-refractivity contribution in [3.05, 3.63) is 23.8 Å². The van der Waals surface area contributed by atoms with E-state index in [9.17, 15) is 13.2 Å². The maximum absolute atomic E-state index is 12.4. The van der Waals surface area contributed by atoms with E-state index in [0.717, 1.165) is 24.1 Å². The van der Waals surface area contributed by atoms with Gasteiger partial charge in [-0.05, 0) is 36.6 Å². The summed E-state index contributed by atoms with van der Waals surface area (Å²) in [5.41, 5.74) is 1.49. The maximum Gasteiger partial charge on any atom is 0.240 e. The van der Waals surface area contributed by atoms with Crippen molar-refractivity contribution in [1.82, 2.24) is 4.72 Å². The van der Waals surface area contributed by atoms with Crippen LogP contribution in [0.25, 0.3) is 0 Å². The van der Waals surface area contributed by atoms with Gasteiger partial charge in [0.05, 0.1) is 4.90 Å². The van der Waals surface area contributed by atoms with Gasteiger partial charge in [-0.1, -0.05) is 27.7 Å². The summed E-state index contributed by atoms with van der Waals surface area (Å²) < 4.78 is 27.6. The normalized spacial score (nSPS) is 20.0. The van der Waals surface area contributed by atoms with E-state index in [1.807, 2.05) is 27.7 Å². The summed E-state index contributed by atoms with van der Waals surface area (Å²) in [5.74, 6) is -0.0137. The third-order valence-corrected chi connectivity index (χ3v) is 6.03. The number of sulfonamides is 1. The Morgan fingerprint density at radius 3 is 2.52 bits per heavy atom. The molecule has 0 saturated heterocycles. The van der Waals surface area contributed by atoms with Crippen LogP contribution in [0.1, 0.15) is 46.1 Å². The van der Waals surface area contributed by atoms with Gasteiger partial charge in [-0.3, -0.25) is 4.79 Å². The summed E-state index contributed by atoms with van der Waals surface area (Å²) >= 11 is 0. The van der Waals surface area contributed by atoms with E-state index in [-0.39, 0.29) is 28.2 Å². The molecular formula is C17H24N2O3S. The number of carbonyl (C=O) groups excluding carboxylic acids is 1. The molecular weight excluding hydrogens is 312 g/mol. The van der Waals surface area contributed by atoms with Crippen LogP contribution in [0.2, 0.25) is 0 Å². The van der Waals surface area contributed by atoms with E-state index in [4.69, 9.17) is 0 Å². The highest BCUT2D eigenvalue weighted by Crippen LogP contribution is 2.42. The largest absolute Gasteiger partial charge is 0.311 e. The standard InChI is InChI=1S/C17H24N2O3S/c1-11(2)16(20)19-10-17(3,4)14-9-13(7-8-15(14)19)23(21,22)18-12-5-6-12/h7-9,11-12,18H,5-6,10H2,1-4H3. The number of nitrogens with one attached hydrogen (secondary N) is 1. The minimum absolute atomic E-state index is 0.0727. The van der Waals surface area contributed by atoms with E-state index in [0.29, 0.717) is 6.54 Å². The van der Waals surface area contributed by atoms with Gasteiger partial charge in [0.2, 0.25) is 15.9 Å². The Labute approximate surface area is 138 Å². The van der Waals surface area contributed by atoms with Gasteiger partial charge in [-0.2, -0.15) is 0 Å². The number of rotatable bonds is 4. The average molecular weight is 336 g/mol. The lowest BCUT2D eigenvalue weighted by Crippen LogP contribution is -2.36. The molecule has 0 spiro atoms. The Bertz CT molecular complexity index is 749. The van der Waals surface area contributed by atoms with Crippen molar-refractivity contribution < 1.29 is 13.2 Å². The van der Waals surface area contributed by atoms with Crippen LogP contribution >= 0.6 is 0 Å². The topological polar surface area (TPSA) is 66.5 Å². The van der Waals surface area contributed by atoms with Crippen LogP contribution in [-0.2, 0) is 20.2 Å². The zero-order valence-corrected chi connectivity index (χ0v) is 14.9. The zero-order valence-electron chi connectivity index (χ0n) is 14.1. The van der Waals surface area contributed by atoms with E-state index in [2.05, 4.69) is 4.72 Å². The Hall–Kier alpha value is -1.40. The molecule has 23 heavy (non-hydrogen) atoms. The number of benzene rings is 1. The van der Waals surface area contributed by atoms with E-state index in [1.54, 1.807) is 23.1 Å². The molecule has 1 amide bonds. The molecule has 1 aromatic carbocycles. The predicted molar refractivity (Wildman–Crippen MR) is 90.0 cm³/mol. The first-order valence-electron chi connectivity index (χ1n) is 8.10. The first-order chi connectivity index (χ1) is 10.6. The minimum atomic E-state index is -3.48. The SMILES string of the molecule is CC(C)C(=O)N1CC(C)(C)c2cc(S(=O)(=O)NC3CC3)ccc21. The van der Waals surface area contributed by atoms with E-state index >= 15 is 0 Å². The molecule has 0 atom stereocenters. The lowest BCUT2D eigenvalue weighted by atomic mass is 9.87. The van der Waals surface area contributed by atoms with Gasteiger partial charge in [0.1, 0.15) is 0 Å². The molecule has 0 bridgehead atoms. The van der Waals surface area contributed by atoms with Gasteiger partial charge in [0.15, 0.2) is 0 Å². The lowest BCUT2D eigenvalue weighted by Gasteiger charge is -2.22. The van der Waals surface area contributed by atoms with E-state index in [1.165, 1.54) is 0 Å². The summed E-state index contributed by atoms with van der Waals surface area (Å²) in [5, 5.41) is 0. The fourth-order valence-corrected chi connectivity index (χ4v) is 4.35. The van der Waals surface area contributed by atoms with Gasteiger partial charge in [0, 0.05) is 29.6 Å². The smallest absolute Gasteiger partial charge is 0.240 e. The summed E-state index contributed by atoms with van der Waals surface area (Å²) in [4.78, 5) is 14.5. The Kier molecular flexibility index (Phi) is 3.80. The fourth-order valence-electron chi connectivity index (χ4n) is 3.02. The summed E-state index contributed by atoms with van der Waals surface area (Å²) in [7, 11) is -3.48. The Morgan fingerprint density at radius 1 is 1.30 bits per heavy atom. The summed E-state index contributed by atoms with van der Waals surface area (Å²) in [6.45, 7) is 8.44. The Balaban J connectivity index is 2.00. The molecule has 5 nitrogen and oxygen atoms in total. The van der Waals surface area contributed by atoms with Crippen molar-refractivity contribution >= 4 is 21.6 Å². The van der Waals surface area contributed by atoms with Crippen molar-refractivity contribution in [3.8, 4) is 0 Å². The first kappa shape index (κ1) is 16.5. The quantitative estimate of drug-likeness (QED) is 0.918. The second-order valence-electron chi connectivity index (χ2n) is 7.54.